The van der Waals surface area contributed by atoms with Gasteiger partial charge in [0.15, 0.2) is 11.0 Å². The van der Waals surface area contributed by atoms with Crippen molar-refractivity contribution in [3.8, 4) is 0 Å². The van der Waals surface area contributed by atoms with Gasteiger partial charge in [0, 0.05) is 12.7 Å². The maximum Gasteiger partial charge on any atom is 0.335 e. The van der Waals surface area contributed by atoms with E-state index in [4.69, 9.17) is 39.9 Å². The maximum absolute atomic E-state index is 11.0. The van der Waals surface area contributed by atoms with Crippen molar-refractivity contribution in [3.05, 3.63) is 45.3 Å². The van der Waals surface area contributed by atoms with Gasteiger partial charge in [0.25, 0.3) is 0 Å². The molecule has 0 atom stereocenters. The first-order chi connectivity index (χ1) is 9.40. The van der Waals surface area contributed by atoms with Gasteiger partial charge in [0.1, 0.15) is 5.02 Å². The van der Waals surface area contributed by atoms with E-state index in [1.54, 1.807) is 24.1 Å². The monoisotopic (exact) mass is 331 g/mol. The van der Waals surface area contributed by atoms with Crippen LogP contribution >= 0.6 is 34.8 Å². The van der Waals surface area contributed by atoms with E-state index < -0.39 is 5.97 Å². The number of halogens is 3. The van der Waals surface area contributed by atoms with E-state index in [0.717, 1.165) is 0 Å². The van der Waals surface area contributed by atoms with Crippen LogP contribution in [0.2, 0.25) is 15.5 Å². The van der Waals surface area contributed by atoms with Gasteiger partial charge < -0.3 is 10.0 Å². The number of benzene rings is 1. The highest BCUT2D eigenvalue weighted by Gasteiger charge is 2.16. The van der Waals surface area contributed by atoms with Crippen molar-refractivity contribution in [2.75, 3.05) is 11.9 Å². The molecule has 0 aliphatic carbocycles. The zero-order chi connectivity index (χ0) is 14.9. The molecule has 20 heavy (non-hydrogen) atoms. The molecular formula is C12H8Cl3N3O2. The third-order valence-corrected chi connectivity index (χ3v) is 3.45. The molecule has 0 spiro atoms. The van der Waals surface area contributed by atoms with Crippen LogP contribution in [0.3, 0.4) is 0 Å². The van der Waals surface area contributed by atoms with Crippen molar-refractivity contribution in [1.82, 2.24) is 9.97 Å². The van der Waals surface area contributed by atoms with Crippen LogP contribution in [0.5, 0.6) is 0 Å². The molecule has 0 aliphatic heterocycles. The SMILES string of the molecule is CN(c1cccc(C(=O)O)c1)c1nc(Cl)nc(Cl)c1Cl. The topological polar surface area (TPSA) is 66.3 Å². The highest BCUT2D eigenvalue weighted by atomic mass is 35.5. The molecule has 1 N–H and O–H groups in total. The summed E-state index contributed by atoms with van der Waals surface area (Å²) in [6, 6.07) is 6.31. The molecular weight excluding hydrogens is 325 g/mol. The Morgan fingerprint density at radius 2 is 1.95 bits per heavy atom. The summed E-state index contributed by atoms with van der Waals surface area (Å²) in [6.07, 6.45) is 0. The molecule has 8 heteroatoms. The van der Waals surface area contributed by atoms with Gasteiger partial charge in [0.2, 0.25) is 5.28 Å². The Kier molecular flexibility index (Phi) is 4.32. The van der Waals surface area contributed by atoms with Crippen LogP contribution in [0, 0.1) is 0 Å². The number of carboxylic acid groups (broad SMARTS) is 1. The fraction of sp³-hybridized carbons (Fsp3) is 0.0833. The van der Waals surface area contributed by atoms with Crippen molar-refractivity contribution in [1.29, 1.82) is 0 Å². The Hall–Kier alpha value is -1.56. The molecule has 0 amide bonds. The lowest BCUT2D eigenvalue weighted by Gasteiger charge is -2.20. The number of carbonyl (C=O) groups is 1. The summed E-state index contributed by atoms with van der Waals surface area (Å²) in [4.78, 5) is 20.3. The Balaban J connectivity index is 2.48. The zero-order valence-corrected chi connectivity index (χ0v) is 12.4. The van der Waals surface area contributed by atoms with Crippen LogP contribution in [0.1, 0.15) is 10.4 Å². The molecule has 1 aromatic carbocycles. The van der Waals surface area contributed by atoms with Crippen molar-refractivity contribution >= 4 is 52.3 Å². The second kappa shape index (κ2) is 5.83. The fourth-order valence-electron chi connectivity index (χ4n) is 1.58. The van der Waals surface area contributed by atoms with Gasteiger partial charge in [-0.05, 0) is 29.8 Å². The first-order valence-corrected chi connectivity index (χ1v) is 6.49. The van der Waals surface area contributed by atoms with Crippen LogP contribution in [-0.2, 0) is 0 Å². The summed E-state index contributed by atoms with van der Waals surface area (Å²) in [6.45, 7) is 0. The quantitative estimate of drug-likeness (QED) is 0.682. The number of hydrogen-bond acceptors (Lipinski definition) is 4. The molecule has 0 aliphatic rings. The average Bonchev–Trinajstić information content (AvgIpc) is 2.42. The predicted octanol–water partition coefficient (Wildman–Crippen LogP) is 3.90. The van der Waals surface area contributed by atoms with E-state index in [2.05, 4.69) is 9.97 Å². The summed E-state index contributed by atoms with van der Waals surface area (Å²) in [5.74, 6) is -0.732. The zero-order valence-electron chi connectivity index (χ0n) is 10.1. The van der Waals surface area contributed by atoms with Crippen LogP contribution in [0.15, 0.2) is 24.3 Å². The third-order valence-electron chi connectivity index (χ3n) is 2.56. The molecule has 0 radical (unpaired) electrons. The van der Waals surface area contributed by atoms with Crippen LogP contribution in [0.25, 0.3) is 0 Å². The summed E-state index contributed by atoms with van der Waals surface area (Å²) >= 11 is 17.6. The summed E-state index contributed by atoms with van der Waals surface area (Å²) in [5, 5.41) is 9.12. The van der Waals surface area contributed by atoms with Crippen molar-refractivity contribution < 1.29 is 9.90 Å². The van der Waals surface area contributed by atoms with Crippen LogP contribution in [0.4, 0.5) is 11.5 Å². The van der Waals surface area contributed by atoms with Gasteiger partial charge in [-0.1, -0.05) is 29.3 Å². The van der Waals surface area contributed by atoms with Gasteiger partial charge in [-0.2, -0.15) is 4.98 Å². The molecule has 0 unspecified atom stereocenters. The van der Waals surface area contributed by atoms with E-state index in [-0.39, 0.29) is 21.0 Å². The number of carboxylic acids is 1. The Bertz CT molecular complexity index is 679. The smallest absolute Gasteiger partial charge is 0.335 e. The van der Waals surface area contributed by atoms with Crippen LogP contribution in [-0.4, -0.2) is 28.1 Å². The molecule has 2 rings (SSSR count). The van der Waals surface area contributed by atoms with Gasteiger partial charge >= 0.3 is 5.97 Å². The molecule has 0 saturated carbocycles. The Labute approximate surface area is 129 Å². The normalized spacial score (nSPS) is 10.4. The highest BCUT2D eigenvalue weighted by Crippen LogP contribution is 2.34. The summed E-state index contributed by atoms with van der Waals surface area (Å²) in [5.41, 5.74) is 0.731. The first kappa shape index (κ1) is 14.8. The number of rotatable bonds is 3. The summed E-state index contributed by atoms with van der Waals surface area (Å²) in [7, 11) is 1.67. The van der Waals surface area contributed by atoms with Gasteiger partial charge in [-0.15, -0.1) is 0 Å². The number of nitrogens with zero attached hydrogens (tertiary/aromatic N) is 3. The molecule has 5 nitrogen and oxygen atoms in total. The fourth-order valence-corrected chi connectivity index (χ4v) is 2.16. The lowest BCUT2D eigenvalue weighted by molar-refractivity contribution is 0.0697. The van der Waals surface area contributed by atoms with E-state index in [0.29, 0.717) is 11.5 Å². The molecule has 104 valence electrons. The average molecular weight is 333 g/mol. The standard InChI is InChI=1S/C12H8Cl3N3O2/c1-18(7-4-2-3-6(5-7)11(19)20)10-8(13)9(14)16-12(15)17-10/h2-5H,1H3,(H,19,20). The molecule has 2 aromatic rings. The van der Waals surface area contributed by atoms with Crippen molar-refractivity contribution in [2.24, 2.45) is 0 Å². The lowest BCUT2D eigenvalue weighted by Crippen LogP contribution is -2.13. The molecule has 1 heterocycles. The second-order valence-electron chi connectivity index (χ2n) is 3.84. The second-order valence-corrected chi connectivity index (χ2v) is 4.91. The van der Waals surface area contributed by atoms with Crippen LogP contribution < -0.4 is 4.90 Å². The molecule has 0 bridgehead atoms. The van der Waals surface area contributed by atoms with E-state index >= 15 is 0 Å². The minimum atomic E-state index is -1.02. The third kappa shape index (κ3) is 2.95. The van der Waals surface area contributed by atoms with E-state index in [1.165, 1.54) is 12.1 Å². The molecule has 0 fully saturated rings. The van der Waals surface area contributed by atoms with Gasteiger partial charge in [-0.25, -0.2) is 9.78 Å². The van der Waals surface area contributed by atoms with Gasteiger partial charge in [0.05, 0.1) is 5.56 Å². The number of aromatic carboxylic acids is 1. The number of aromatic nitrogens is 2. The Morgan fingerprint density at radius 1 is 1.25 bits per heavy atom. The van der Waals surface area contributed by atoms with E-state index in [9.17, 15) is 4.79 Å². The molecule has 1 aromatic heterocycles. The maximum atomic E-state index is 11.0. The lowest BCUT2D eigenvalue weighted by atomic mass is 10.2. The first-order valence-electron chi connectivity index (χ1n) is 5.35. The Morgan fingerprint density at radius 3 is 2.60 bits per heavy atom. The largest absolute Gasteiger partial charge is 0.478 e. The highest BCUT2D eigenvalue weighted by molar-refractivity contribution is 6.43. The van der Waals surface area contributed by atoms with E-state index in [1.807, 2.05) is 0 Å². The minimum absolute atomic E-state index is 0.0305. The van der Waals surface area contributed by atoms with Crippen molar-refractivity contribution in [3.63, 3.8) is 0 Å². The predicted molar refractivity (Wildman–Crippen MR) is 78.5 cm³/mol. The number of anilines is 2. The number of hydrogen-bond donors (Lipinski definition) is 1. The van der Waals surface area contributed by atoms with Gasteiger partial charge in [-0.3, -0.25) is 0 Å². The minimum Gasteiger partial charge on any atom is -0.478 e. The van der Waals surface area contributed by atoms with Crippen molar-refractivity contribution in [2.45, 2.75) is 0 Å². The molecule has 0 saturated heterocycles. The summed E-state index contributed by atoms with van der Waals surface area (Å²) < 4.78 is 0.